The molecule has 0 bridgehead atoms. The number of rotatable bonds is 19. The molecule has 18 nitrogen and oxygen atoms in total. The molecule has 2 heterocycles. The molecule has 44 heavy (non-hydrogen) atoms. The molecule has 0 saturated heterocycles. The van der Waals surface area contributed by atoms with Gasteiger partial charge in [0.2, 0.25) is 23.6 Å². The van der Waals surface area contributed by atoms with E-state index >= 15 is 0 Å². The third-order valence-corrected chi connectivity index (χ3v) is 6.19. The number of aliphatic carboxylic acids is 2. The first-order valence-corrected chi connectivity index (χ1v) is 13.4. The molecule has 0 saturated carbocycles. The van der Waals surface area contributed by atoms with E-state index in [-0.39, 0.29) is 51.9 Å². The first kappa shape index (κ1) is 34.8. The molecule has 0 spiro atoms. The molecule has 18 heteroatoms. The van der Waals surface area contributed by atoms with Crippen LogP contribution in [0.25, 0.3) is 0 Å². The molecule has 238 valence electrons. The van der Waals surface area contributed by atoms with E-state index in [9.17, 15) is 47.9 Å². The van der Waals surface area contributed by atoms with Gasteiger partial charge < -0.3 is 31.5 Å². The van der Waals surface area contributed by atoms with Crippen LogP contribution >= 0.6 is 0 Å². The second-order valence-electron chi connectivity index (χ2n) is 9.49. The van der Waals surface area contributed by atoms with Gasteiger partial charge in [-0.1, -0.05) is 0 Å². The van der Waals surface area contributed by atoms with Crippen molar-refractivity contribution in [3.8, 4) is 0 Å². The van der Waals surface area contributed by atoms with Crippen LogP contribution in [0.2, 0.25) is 0 Å². The van der Waals surface area contributed by atoms with Crippen molar-refractivity contribution in [1.29, 1.82) is 0 Å². The van der Waals surface area contributed by atoms with Crippen molar-refractivity contribution < 1.29 is 58.2 Å². The predicted molar refractivity (Wildman–Crippen MR) is 145 cm³/mol. The van der Waals surface area contributed by atoms with Gasteiger partial charge in [-0.2, -0.15) is 0 Å². The molecule has 0 radical (unpaired) electrons. The molecule has 0 aromatic carbocycles. The Labute approximate surface area is 249 Å². The fraction of sp³-hybridized carbons (Fsp3) is 0.462. The summed E-state index contributed by atoms with van der Waals surface area (Å²) in [4.78, 5) is 122. The quantitative estimate of drug-likeness (QED) is 0.0608. The van der Waals surface area contributed by atoms with Crippen LogP contribution < -0.4 is 21.3 Å². The number of carboxylic acid groups (broad SMARTS) is 2. The Hall–Kier alpha value is -5.42. The Kier molecular flexibility index (Phi) is 13.3. The number of carboxylic acids is 2. The van der Waals surface area contributed by atoms with Gasteiger partial charge in [0, 0.05) is 76.2 Å². The summed E-state index contributed by atoms with van der Waals surface area (Å²) in [5.41, 5.74) is 0. The van der Waals surface area contributed by atoms with Gasteiger partial charge in [0.05, 0.1) is 0 Å². The van der Waals surface area contributed by atoms with Gasteiger partial charge >= 0.3 is 11.9 Å². The Bertz CT molecular complexity index is 1140. The van der Waals surface area contributed by atoms with E-state index in [0.717, 1.165) is 34.1 Å². The van der Waals surface area contributed by atoms with E-state index in [1.54, 1.807) is 0 Å². The average molecular weight is 621 g/mol. The first-order chi connectivity index (χ1) is 20.8. The Morgan fingerprint density at radius 3 is 1.18 bits per heavy atom. The molecule has 2 aliphatic rings. The molecular formula is C26H32N6O12. The standard InChI is InChI=1S/C26H32N6O12/c33-15(9-13-31-17(35)5-6-18(31)36)29-23(25(43)27-11-1-3-21(39)40)24(26(44)28-12-2-4-22(41)42)30-16(34)10-14-32-19(37)7-8-20(32)38/h5-8,23-24H,1-4,9-14H2,(H,27,43)(H,28,44)(H,29,33)(H,30,34)(H,39,40)(H,41,42). The third-order valence-electron chi connectivity index (χ3n) is 6.19. The lowest BCUT2D eigenvalue weighted by Crippen LogP contribution is -2.64. The van der Waals surface area contributed by atoms with E-state index < -0.39 is 84.1 Å². The Balaban J connectivity index is 2.22. The second kappa shape index (κ2) is 16.9. The monoisotopic (exact) mass is 620 g/mol. The minimum atomic E-state index is -1.81. The van der Waals surface area contributed by atoms with Crippen molar-refractivity contribution in [2.45, 2.75) is 50.6 Å². The van der Waals surface area contributed by atoms with Crippen molar-refractivity contribution >= 4 is 59.2 Å². The first-order valence-electron chi connectivity index (χ1n) is 13.4. The summed E-state index contributed by atoms with van der Waals surface area (Å²) in [5.74, 6) is -8.73. The lowest BCUT2D eigenvalue weighted by molar-refractivity contribution is -0.140. The van der Waals surface area contributed by atoms with Crippen molar-refractivity contribution in [1.82, 2.24) is 31.1 Å². The minimum absolute atomic E-state index is 0.0156. The lowest BCUT2D eigenvalue weighted by atomic mass is 10.0. The van der Waals surface area contributed by atoms with Gasteiger partial charge in [0.1, 0.15) is 12.1 Å². The fourth-order valence-electron chi connectivity index (χ4n) is 3.94. The number of carbonyl (C=O) groups excluding carboxylic acids is 8. The molecule has 2 atom stereocenters. The highest BCUT2D eigenvalue weighted by Gasteiger charge is 2.37. The van der Waals surface area contributed by atoms with Crippen molar-refractivity contribution in [3.05, 3.63) is 24.3 Å². The highest BCUT2D eigenvalue weighted by molar-refractivity contribution is 6.13. The van der Waals surface area contributed by atoms with E-state index in [1.807, 2.05) is 0 Å². The number of imide groups is 2. The zero-order chi connectivity index (χ0) is 32.8. The summed E-state index contributed by atoms with van der Waals surface area (Å²) in [6, 6.07) is -3.62. The molecule has 0 aromatic rings. The van der Waals surface area contributed by atoms with Gasteiger partial charge in [-0.15, -0.1) is 0 Å². The number of hydrogen-bond donors (Lipinski definition) is 6. The van der Waals surface area contributed by atoms with Gasteiger partial charge in [-0.05, 0) is 12.8 Å². The minimum Gasteiger partial charge on any atom is -0.481 e. The van der Waals surface area contributed by atoms with Crippen LogP contribution in [-0.2, 0) is 47.9 Å². The highest BCUT2D eigenvalue weighted by atomic mass is 16.4. The van der Waals surface area contributed by atoms with E-state index in [2.05, 4.69) is 21.3 Å². The SMILES string of the molecule is O=C(O)CCCNC(=O)C(NC(=O)CCN1C(=O)C=CC1=O)C(NC(=O)CCN1C(=O)C=CC1=O)C(=O)NCCCC(=O)O. The Morgan fingerprint density at radius 1 is 0.568 bits per heavy atom. The van der Waals surface area contributed by atoms with Crippen LogP contribution in [0.1, 0.15) is 38.5 Å². The maximum Gasteiger partial charge on any atom is 0.303 e. The Morgan fingerprint density at radius 2 is 0.886 bits per heavy atom. The summed E-state index contributed by atoms with van der Waals surface area (Å²) in [6.07, 6.45) is 2.40. The molecule has 0 aromatic heterocycles. The summed E-state index contributed by atoms with van der Waals surface area (Å²) in [5, 5.41) is 27.0. The van der Waals surface area contributed by atoms with Crippen LogP contribution in [0.15, 0.2) is 24.3 Å². The van der Waals surface area contributed by atoms with Crippen molar-refractivity contribution in [2.75, 3.05) is 26.2 Å². The van der Waals surface area contributed by atoms with E-state index in [1.165, 1.54) is 0 Å². The predicted octanol–water partition coefficient (Wildman–Crippen LogP) is -3.45. The molecular weight excluding hydrogens is 588 g/mol. The van der Waals surface area contributed by atoms with E-state index in [0.29, 0.717) is 0 Å². The summed E-state index contributed by atoms with van der Waals surface area (Å²) in [6.45, 7) is -1.11. The number of amides is 8. The molecule has 2 rings (SSSR count). The van der Waals surface area contributed by atoms with Crippen LogP contribution in [0.3, 0.4) is 0 Å². The number of nitrogens with zero attached hydrogens (tertiary/aromatic N) is 2. The largest absolute Gasteiger partial charge is 0.481 e. The fourth-order valence-corrected chi connectivity index (χ4v) is 3.94. The molecule has 8 amide bonds. The number of nitrogens with one attached hydrogen (secondary N) is 4. The smallest absolute Gasteiger partial charge is 0.303 e. The zero-order valence-corrected chi connectivity index (χ0v) is 23.4. The van der Waals surface area contributed by atoms with Crippen molar-refractivity contribution in [2.24, 2.45) is 0 Å². The highest BCUT2D eigenvalue weighted by Crippen LogP contribution is 2.07. The average Bonchev–Trinajstić information content (AvgIpc) is 3.46. The van der Waals surface area contributed by atoms with Crippen LogP contribution in [0, 0.1) is 0 Å². The van der Waals surface area contributed by atoms with Crippen LogP contribution in [0.5, 0.6) is 0 Å². The van der Waals surface area contributed by atoms with E-state index in [4.69, 9.17) is 10.2 Å². The summed E-state index contributed by atoms with van der Waals surface area (Å²) in [7, 11) is 0. The third kappa shape index (κ3) is 11.1. The van der Waals surface area contributed by atoms with Gasteiger partial charge in [0.25, 0.3) is 23.6 Å². The number of hydrogen-bond acceptors (Lipinski definition) is 10. The maximum absolute atomic E-state index is 13.2. The van der Waals surface area contributed by atoms with Gasteiger partial charge in [-0.3, -0.25) is 57.7 Å². The van der Waals surface area contributed by atoms with Crippen LogP contribution in [0.4, 0.5) is 0 Å². The normalized spacial score (nSPS) is 15.3. The maximum atomic E-state index is 13.2. The number of carbonyl (C=O) groups is 10. The molecule has 2 aliphatic heterocycles. The van der Waals surface area contributed by atoms with Crippen LogP contribution in [-0.4, -0.2) is 117 Å². The molecule has 6 N–H and O–H groups in total. The van der Waals surface area contributed by atoms with Gasteiger partial charge in [0.15, 0.2) is 0 Å². The summed E-state index contributed by atoms with van der Waals surface area (Å²) >= 11 is 0. The molecule has 0 aliphatic carbocycles. The molecule has 2 unspecified atom stereocenters. The molecule has 0 fully saturated rings. The van der Waals surface area contributed by atoms with Crippen molar-refractivity contribution in [3.63, 3.8) is 0 Å². The lowest BCUT2D eigenvalue weighted by Gasteiger charge is -2.28. The van der Waals surface area contributed by atoms with Gasteiger partial charge in [-0.25, -0.2) is 0 Å². The zero-order valence-electron chi connectivity index (χ0n) is 23.4. The second-order valence-corrected chi connectivity index (χ2v) is 9.49. The summed E-state index contributed by atoms with van der Waals surface area (Å²) < 4.78 is 0. The topological polar surface area (TPSA) is 266 Å².